The minimum atomic E-state index is 0.757. The van der Waals surface area contributed by atoms with Crippen molar-refractivity contribution in [2.24, 2.45) is 0 Å². The van der Waals surface area contributed by atoms with Gasteiger partial charge < -0.3 is 9.64 Å². The quantitative estimate of drug-likeness (QED) is 0.735. The standard InChI is InChI=1S/C22H25N3OS/c23-16-20-18-8-4-5-9-19(18)21(25-11-13-26-14-12-25)24-22(20)27-15-10-17-6-2-1-3-7-17/h1-3,6-7H,4-5,8-15H2. The number of pyridine rings is 1. The summed E-state index contributed by atoms with van der Waals surface area (Å²) in [6.07, 6.45) is 5.39. The van der Waals surface area contributed by atoms with Crippen molar-refractivity contribution in [3.05, 3.63) is 52.6 Å². The van der Waals surface area contributed by atoms with Crippen LogP contribution in [0.2, 0.25) is 0 Å². The van der Waals surface area contributed by atoms with E-state index in [0.29, 0.717) is 0 Å². The summed E-state index contributed by atoms with van der Waals surface area (Å²) >= 11 is 1.73. The maximum atomic E-state index is 9.86. The SMILES string of the molecule is N#Cc1c(SCCc2ccccc2)nc(N2CCOCC2)c2c1CCCC2. The van der Waals surface area contributed by atoms with E-state index in [2.05, 4.69) is 35.2 Å². The molecular formula is C22H25N3OS. The second-order valence-electron chi connectivity index (χ2n) is 7.08. The van der Waals surface area contributed by atoms with Gasteiger partial charge in [0.1, 0.15) is 16.9 Å². The molecule has 2 aliphatic rings. The Morgan fingerprint density at radius 2 is 1.81 bits per heavy atom. The number of anilines is 1. The lowest BCUT2D eigenvalue weighted by atomic mass is 9.89. The average molecular weight is 380 g/mol. The molecule has 27 heavy (non-hydrogen) atoms. The molecule has 0 amide bonds. The summed E-state index contributed by atoms with van der Waals surface area (Å²) in [6.45, 7) is 3.29. The first-order chi connectivity index (χ1) is 13.4. The van der Waals surface area contributed by atoms with Crippen LogP contribution in [0.3, 0.4) is 0 Å². The van der Waals surface area contributed by atoms with Gasteiger partial charge in [-0.15, -0.1) is 11.8 Å². The van der Waals surface area contributed by atoms with Crippen LogP contribution in [0.25, 0.3) is 0 Å². The van der Waals surface area contributed by atoms with Crippen molar-refractivity contribution in [2.75, 3.05) is 37.0 Å². The molecule has 140 valence electrons. The monoisotopic (exact) mass is 379 g/mol. The topological polar surface area (TPSA) is 49.2 Å². The zero-order valence-corrected chi connectivity index (χ0v) is 16.4. The van der Waals surface area contributed by atoms with E-state index in [1.807, 2.05) is 6.07 Å². The van der Waals surface area contributed by atoms with Crippen LogP contribution < -0.4 is 4.90 Å². The third kappa shape index (κ3) is 4.12. The van der Waals surface area contributed by atoms with Gasteiger partial charge in [-0.25, -0.2) is 4.98 Å². The van der Waals surface area contributed by atoms with E-state index >= 15 is 0 Å². The third-order valence-electron chi connectivity index (χ3n) is 5.36. The molecule has 1 saturated heterocycles. The zero-order valence-electron chi connectivity index (χ0n) is 15.6. The number of aryl methyl sites for hydroxylation is 1. The maximum absolute atomic E-state index is 9.86. The molecule has 0 spiro atoms. The fourth-order valence-corrected chi connectivity index (χ4v) is 4.94. The average Bonchev–Trinajstić information content (AvgIpc) is 2.74. The van der Waals surface area contributed by atoms with Crippen molar-refractivity contribution >= 4 is 17.6 Å². The van der Waals surface area contributed by atoms with E-state index in [4.69, 9.17) is 9.72 Å². The Kier molecular flexibility index (Phi) is 5.96. The minimum Gasteiger partial charge on any atom is -0.378 e. The molecule has 1 aliphatic carbocycles. The number of morpholine rings is 1. The summed E-state index contributed by atoms with van der Waals surface area (Å²) in [5, 5.41) is 10.8. The molecule has 0 atom stereocenters. The van der Waals surface area contributed by atoms with Crippen LogP contribution in [0.4, 0.5) is 5.82 Å². The van der Waals surface area contributed by atoms with Crippen LogP contribution in [-0.4, -0.2) is 37.0 Å². The number of nitriles is 1. The van der Waals surface area contributed by atoms with E-state index in [9.17, 15) is 5.26 Å². The molecule has 0 unspecified atom stereocenters. The highest BCUT2D eigenvalue weighted by Gasteiger charge is 2.26. The second-order valence-corrected chi connectivity index (χ2v) is 8.16. The van der Waals surface area contributed by atoms with Gasteiger partial charge in [0.05, 0.1) is 18.8 Å². The Labute approximate surface area is 165 Å². The van der Waals surface area contributed by atoms with Gasteiger partial charge in [-0.05, 0) is 48.8 Å². The van der Waals surface area contributed by atoms with Gasteiger partial charge in [0.25, 0.3) is 0 Å². The number of rotatable bonds is 5. The van der Waals surface area contributed by atoms with Crippen molar-refractivity contribution in [3.63, 3.8) is 0 Å². The van der Waals surface area contributed by atoms with Crippen LogP contribution in [0.5, 0.6) is 0 Å². The Hall–Kier alpha value is -2.03. The molecule has 5 heteroatoms. The molecule has 1 aliphatic heterocycles. The summed E-state index contributed by atoms with van der Waals surface area (Å²) in [6, 6.07) is 13.0. The number of ether oxygens (including phenoxy) is 1. The first-order valence-electron chi connectivity index (χ1n) is 9.82. The van der Waals surface area contributed by atoms with Gasteiger partial charge in [-0.2, -0.15) is 5.26 Å². The van der Waals surface area contributed by atoms with Crippen LogP contribution in [-0.2, 0) is 24.0 Å². The lowest BCUT2D eigenvalue weighted by molar-refractivity contribution is 0.122. The molecule has 2 aromatic rings. The normalized spacial score (nSPS) is 16.6. The van der Waals surface area contributed by atoms with Crippen molar-refractivity contribution in [3.8, 4) is 6.07 Å². The van der Waals surface area contributed by atoms with E-state index in [0.717, 1.165) is 67.7 Å². The molecule has 1 fully saturated rings. The second kappa shape index (κ2) is 8.77. The third-order valence-corrected chi connectivity index (χ3v) is 6.33. The highest BCUT2D eigenvalue weighted by molar-refractivity contribution is 7.99. The number of thioether (sulfide) groups is 1. The van der Waals surface area contributed by atoms with Crippen molar-refractivity contribution in [2.45, 2.75) is 37.1 Å². The number of hydrogen-bond acceptors (Lipinski definition) is 5. The molecule has 0 radical (unpaired) electrons. The molecule has 4 nitrogen and oxygen atoms in total. The van der Waals surface area contributed by atoms with E-state index < -0.39 is 0 Å². The Morgan fingerprint density at radius 3 is 2.56 bits per heavy atom. The molecule has 0 N–H and O–H groups in total. The van der Waals surface area contributed by atoms with Crippen molar-refractivity contribution in [1.82, 2.24) is 4.98 Å². The number of aromatic nitrogens is 1. The molecular weight excluding hydrogens is 354 g/mol. The lowest BCUT2D eigenvalue weighted by Crippen LogP contribution is -2.38. The Balaban J connectivity index is 1.62. The fraction of sp³-hybridized carbons (Fsp3) is 0.455. The summed E-state index contributed by atoms with van der Waals surface area (Å²) in [5.41, 5.74) is 4.71. The number of fused-ring (bicyclic) bond motifs is 1. The first kappa shape index (κ1) is 18.3. The van der Waals surface area contributed by atoms with Gasteiger partial charge in [0.2, 0.25) is 0 Å². The van der Waals surface area contributed by atoms with Gasteiger partial charge in [0.15, 0.2) is 0 Å². The molecule has 4 rings (SSSR count). The number of nitrogens with zero attached hydrogens (tertiary/aromatic N) is 3. The largest absolute Gasteiger partial charge is 0.378 e. The lowest BCUT2D eigenvalue weighted by Gasteiger charge is -2.32. The van der Waals surface area contributed by atoms with Crippen molar-refractivity contribution < 1.29 is 4.74 Å². The van der Waals surface area contributed by atoms with Crippen molar-refractivity contribution in [1.29, 1.82) is 5.26 Å². The first-order valence-corrected chi connectivity index (χ1v) is 10.8. The van der Waals surface area contributed by atoms with Crippen LogP contribution >= 0.6 is 11.8 Å². The molecule has 0 bridgehead atoms. The van der Waals surface area contributed by atoms with Crippen LogP contribution in [0, 0.1) is 11.3 Å². The smallest absolute Gasteiger partial charge is 0.133 e. The molecule has 1 aromatic carbocycles. The predicted molar refractivity (Wildman–Crippen MR) is 109 cm³/mol. The molecule has 2 heterocycles. The van der Waals surface area contributed by atoms with Gasteiger partial charge in [-0.3, -0.25) is 0 Å². The van der Waals surface area contributed by atoms with E-state index in [-0.39, 0.29) is 0 Å². The molecule has 1 aromatic heterocycles. The number of benzene rings is 1. The summed E-state index contributed by atoms with van der Waals surface area (Å²) in [4.78, 5) is 7.38. The molecule has 0 saturated carbocycles. The van der Waals surface area contributed by atoms with E-state index in [1.165, 1.54) is 29.5 Å². The van der Waals surface area contributed by atoms with Crippen LogP contribution in [0.1, 0.15) is 35.1 Å². The van der Waals surface area contributed by atoms with Gasteiger partial charge in [0, 0.05) is 18.8 Å². The highest BCUT2D eigenvalue weighted by Crippen LogP contribution is 2.36. The zero-order chi connectivity index (χ0) is 18.5. The fourth-order valence-electron chi connectivity index (χ4n) is 3.94. The van der Waals surface area contributed by atoms with Gasteiger partial charge in [-0.1, -0.05) is 30.3 Å². The summed E-state index contributed by atoms with van der Waals surface area (Å²) in [7, 11) is 0. The summed E-state index contributed by atoms with van der Waals surface area (Å²) < 4.78 is 5.53. The number of hydrogen-bond donors (Lipinski definition) is 0. The maximum Gasteiger partial charge on any atom is 0.133 e. The Bertz CT molecular complexity index is 826. The highest BCUT2D eigenvalue weighted by atomic mass is 32.2. The van der Waals surface area contributed by atoms with E-state index in [1.54, 1.807) is 11.8 Å². The van der Waals surface area contributed by atoms with Gasteiger partial charge >= 0.3 is 0 Å². The Morgan fingerprint density at radius 1 is 1.07 bits per heavy atom. The van der Waals surface area contributed by atoms with Crippen LogP contribution in [0.15, 0.2) is 35.4 Å². The predicted octanol–water partition coefficient (Wildman–Crippen LogP) is 4.00. The minimum absolute atomic E-state index is 0.757. The summed E-state index contributed by atoms with van der Waals surface area (Å²) in [5.74, 6) is 2.04.